The number of fused-ring (bicyclic) bond motifs is 3. The van der Waals surface area contributed by atoms with Crippen molar-refractivity contribution >= 4 is 28.5 Å². The lowest BCUT2D eigenvalue weighted by Gasteiger charge is -2.65. The van der Waals surface area contributed by atoms with E-state index in [-0.39, 0.29) is 5.41 Å². The number of nitrogens with zero attached hydrogens (tertiary/aromatic N) is 1. The zero-order valence-electron chi connectivity index (χ0n) is 23.4. The maximum atomic E-state index is 12.9. The number of halogens is 1. The van der Waals surface area contributed by atoms with Crippen LogP contribution in [0.4, 0.5) is 0 Å². The van der Waals surface area contributed by atoms with E-state index in [1.807, 2.05) is 12.1 Å². The van der Waals surface area contributed by atoms with Gasteiger partial charge in [0.05, 0.1) is 5.54 Å². The Balaban J connectivity index is 1.44. The first-order valence-electron chi connectivity index (χ1n) is 15.3. The fraction of sp³-hybridized carbons (Fsp3) is 0.417. The smallest absolute Gasteiger partial charge is 0.321 e. The summed E-state index contributed by atoms with van der Waals surface area (Å²) in [7, 11) is 0. The summed E-state index contributed by atoms with van der Waals surface area (Å²) in [6.07, 6.45) is 8.85. The number of aromatic nitrogens is 1. The molecule has 2 heterocycles. The third-order valence-corrected chi connectivity index (χ3v) is 11.5. The number of rotatable bonds is 6. The number of nitrogens with one attached hydrogen (secondary N) is 1. The number of aliphatic carboxylic acids is 1. The summed E-state index contributed by atoms with van der Waals surface area (Å²) in [4.78, 5) is 12.9. The number of para-hydroxylation sites is 1. The molecule has 0 amide bonds. The molecule has 0 saturated heterocycles. The highest BCUT2D eigenvalue weighted by Gasteiger charge is 2.64. The van der Waals surface area contributed by atoms with Crippen LogP contribution in [-0.4, -0.2) is 21.7 Å². The molecule has 4 bridgehead atoms. The quantitative estimate of drug-likeness (QED) is 0.253. The monoisotopic (exact) mass is 564 g/mol. The van der Waals surface area contributed by atoms with Gasteiger partial charge in [-0.3, -0.25) is 10.1 Å². The number of carboxylic acid groups (broad SMARTS) is 1. The SMILES string of the molecule is O=C(O)[C@@H]1Cc2c(n(Cc3ccccc3Cl)c3ccccc23)[C@@](Cc2ccccc2)(C23CC4CC(CC(C4)C2)C3)N1. The van der Waals surface area contributed by atoms with E-state index < -0.39 is 17.6 Å². The number of hydrogen-bond donors (Lipinski definition) is 2. The van der Waals surface area contributed by atoms with Crippen molar-refractivity contribution in [2.75, 3.05) is 0 Å². The van der Waals surface area contributed by atoms with Gasteiger partial charge in [0.1, 0.15) is 6.04 Å². The van der Waals surface area contributed by atoms with Crippen LogP contribution in [0.15, 0.2) is 78.9 Å². The van der Waals surface area contributed by atoms with Gasteiger partial charge in [0.25, 0.3) is 0 Å². The van der Waals surface area contributed by atoms with Crippen molar-refractivity contribution in [3.05, 3.63) is 106 Å². The predicted octanol–water partition coefficient (Wildman–Crippen LogP) is 7.60. The molecule has 4 saturated carbocycles. The minimum absolute atomic E-state index is 0.00701. The first-order valence-corrected chi connectivity index (χ1v) is 15.7. The van der Waals surface area contributed by atoms with Crippen molar-refractivity contribution in [3.63, 3.8) is 0 Å². The third-order valence-electron chi connectivity index (χ3n) is 11.1. The van der Waals surface area contributed by atoms with E-state index in [2.05, 4.69) is 76.6 Å². The number of carbonyl (C=O) groups is 1. The second-order valence-corrected chi connectivity index (χ2v) is 13.9. The molecule has 210 valence electrons. The van der Waals surface area contributed by atoms with E-state index >= 15 is 0 Å². The summed E-state index contributed by atoms with van der Waals surface area (Å²) in [5.41, 5.74) is 5.56. The van der Waals surface area contributed by atoms with Gasteiger partial charge in [-0.2, -0.15) is 0 Å². The summed E-state index contributed by atoms with van der Waals surface area (Å²) < 4.78 is 2.51. The summed E-state index contributed by atoms with van der Waals surface area (Å²) in [5.74, 6) is 1.47. The van der Waals surface area contributed by atoms with Gasteiger partial charge in [-0.1, -0.05) is 78.3 Å². The molecule has 9 rings (SSSR count). The van der Waals surface area contributed by atoms with Crippen molar-refractivity contribution in [2.24, 2.45) is 23.2 Å². The van der Waals surface area contributed by atoms with Crippen LogP contribution < -0.4 is 5.32 Å². The van der Waals surface area contributed by atoms with Crippen LogP contribution in [0.5, 0.6) is 0 Å². The molecular weight excluding hydrogens is 528 g/mol. The molecule has 1 aliphatic heterocycles. The molecule has 41 heavy (non-hydrogen) atoms. The lowest BCUT2D eigenvalue weighted by Crippen LogP contribution is -2.68. The van der Waals surface area contributed by atoms with Crippen LogP contribution >= 0.6 is 11.6 Å². The van der Waals surface area contributed by atoms with Crippen molar-refractivity contribution in [2.45, 2.75) is 69.5 Å². The Kier molecular flexibility index (Phi) is 5.92. The molecular formula is C36H37ClN2O2. The minimum Gasteiger partial charge on any atom is -0.480 e. The van der Waals surface area contributed by atoms with E-state index in [1.165, 1.54) is 66.2 Å². The lowest BCUT2D eigenvalue weighted by atomic mass is 9.43. The van der Waals surface area contributed by atoms with E-state index in [4.69, 9.17) is 11.6 Å². The number of carboxylic acids is 1. The summed E-state index contributed by atoms with van der Waals surface area (Å²) in [5, 5.41) is 16.5. The normalized spacial score (nSPS) is 31.8. The van der Waals surface area contributed by atoms with Crippen molar-refractivity contribution in [1.29, 1.82) is 0 Å². The Morgan fingerprint density at radius 3 is 2.20 bits per heavy atom. The van der Waals surface area contributed by atoms with Gasteiger partial charge in [-0.15, -0.1) is 0 Å². The molecule has 5 aliphatic rings. The van der Waals surface area contributed by atoms with Crippen molar-refractivity contribution in [3.8, 4) is 0 Å². The Hall–Kier alpha value is -3.08. The topological polar surface area (TPSA) is 54.3 Å². The van der Waals surface area contributed by atoms with E-state index in [1.54, 1.807) is 0 Å². The van der Waals surface area contributed by atoms with Crippen molar-refractivity contribution in [1.82, 2.24) is 9.88 Å². The predicted molar refractivity (Wildman–Crippen MR) is 163 cm³/mol. The highest BCUT2D eigenvalue weighted by atomic mass is 35.5. The maximum Gasteiger partial charge on any atom is 0.321 e. The molecule has 0 radical (unpaired) electrons. The van der Waals surface area contributed by atoms with Gasteiger partial charge in [-0.05, 0) is 96.9 Å². The maximum absolute atomic E-state index is 12.9. The number of hydrogen-bond acceptors (Lipinski definition) is 2. The van der Waals surface area contributed by atoms with Gasteiger partial charge < -0.3 is 9.67 Å². The molecule has 2 atom stereocenters. The Morgan fingerprint density at radius 1 is 0.878 bits per heavy atom. The summed E-state index contributed by atoms with van der Waals surface area (Å²) in [6, 6.07) is 27.0. The van der Waals surface area contributed by atoms with Crippen molar-refractivity contribution < 1.29 is 9.90 Å². The second kappa shape index (κ2) is 9.47. The number of benzene rings is 3. The zero-order valence-corrected chi connectivity index (χ0v) is 24.1. The summed E-state index contributed by atoms with van der Waals surface area (Å²) >= 11 is 6.79. The molecule has 0 unspecified atom stereocenters. The van der Waals surface area contributed by atoms with Gasteiger partial charge in [0.15, 0.2) is 0 Å². The molecule has 1 aromatic heterocycles. The molecule has 3 aromatic carbocycles. The standard InChI is InChI=1S/C36H37ClN2O2/c37-30-12-6-4-10-27(30)22-39-32-13-7-5-11-28(32)29-17-31(34(40)41)38-36(33(29)39,21-23-8-2-1-3-9-23)35-18-24-14-25(19-35)16-26(15-24)20-35/h1-13,24-26,31,38H,14-22H2,(H,40,41)/t24?,25?,26?,31-,35?,36-/m0/s1. The Labute approximate surface area is 246 Å². The Morgan fingerprint density at radius 2 is 1.51 bits per heavy atom. The van der Waals surface area contributed by atoms with Crippen LogP contribution in [0.25, 0.3) is 10.9 Å². The Bertz CT molecular complexity index is 1610. The van der Waals surface area contributed by atoms with E-state index in [9.17, 15) is 9.90 Å². The van der Waals surface area contributed by atoms with Gasteiger partial charge >= 0.3 is 5.97 Å². The van der Waals surface area contributed by atoms with Crippen LogP contribution in [-0.2, 0) is 29.7 Å². The van der Waals surface area contributed by atoms with Gasteiger partial charge in [0.2, 0.25) is 0 Å². The molecule has 2 N–H and O–H groups in total. The molecule has 5 heteroatoms. The summed E-state index contributed by atoms with van der Waals surface area (Å²) in [6.45, 7) is 0.665. The second-order valence-electron chi connectivity index (χ2n) is 13.5. The third kappa shape index (κ3) is 3.94. The van der Waals surface area contributed by atoms with Gasteiger partial charge in [-0.25, -0.2) is 0 Å². The van der Waals surface area contributed by atoms with Crippen LogP contribution in [0.1, 0.15) is 60.9 Å². The highest BCUT2D eigenvalue weighted by Crippen LogP contribution is 2.67. The lowest BCUT2D eigenvalue weighted by molar-refractivity contribution is -0.146. The first kappa shape index (κ1) is 25.6. The van der Waals surface area contributed by atoms with Crippen LogP contribution in [0.3, 0.4) is 0 Å². The molecule has 4 nitrogen and oxygen atoms in total. The first-order chi connectivity index (χ1) is 19.9. The zero-order chi connectivity index (χ0) is 27.8. The van der Waals surface area contributed by atoms with Gasteiger partial charge in [0, 0.05) is 34.6 Å². The molecule has 4 fully saturated rings. The highest BCUT2D eigenvalue weighted by molar-refractivity contribution is 6.31. The molecule has 4 aliphatic carbocycles. The van der Waals surface area contributed by atoms with Crippen LogP contribution in [0.2, 0.25) is 5.02 Å². The fourth-order valence-corrected chi connectivity index (χ4v) is 10.3. The fourth-order valence-electron chi connectivity index (χ4n) is 10.1. The molecule has 0 spiro atoms. The average molecular weight is 565 g/mol. The van der Waals surface area contributed by atoms with E-state index in [0.29, 0.717) is 13.0 Å². The average Bonchev–Trinajstić information content (AvgIpc) is 3.28. The molecule has 4 aromatic rings. The minimum atomic E-state index is -0.749. The van der Waals surface area contributed by atoms with E-state index in [0.717, 1.165) is 34.8 Å². The van der Waals surface area contributed by atoms with Crippen LogP contribution in [0, 0.1) is 23.2 Å². The largest absolute Gasteiger partial charge is 0.480 e.